The number of rotatable bonds is 2. The van der Waals surface area contributed by atoms with Gasteiger partial charge >= 0.3 is 0 Å². The molecule has 0 unspecified atom stereocenters. The molecule has 0 saturated carbocycles. The maximum atomic E-state index is 12.4. The Bertz CT molecular complexity index is 857. The van der Waals surface area contributed by atoms with E-state index in [0.717, 1.165) is 11.1 Å². The van der Waals surface area contributed by atoms with Crippen LogP contribution in [0.1, 0.15) is 11.1 Å². The van der Waals surface area contributed by atoms with E-state index < -0.39 is 0 Å². The topological polar surface area (TPSA) is 59.7 Å². The summed E-state index contributed by atoms with van der Waals surface area (Å²) < 4.78 is 11.1. The second-order valence-corrected chi connectivity index (χ2v) is 4.93. The van der Waals surface area contributed by atoms with Crippen LogP contribution in [-0.4, -0.2) is 5.11 Å². The minimum Gasteiger partial charge on any atom is -0.508 e. The van der Waals surface area contributed by atoms with Crippen molar-refractivity contribution >= 4 is 11.0 Å². The average molecular weight is 282 g/mol. The first-order chi connectivity index (χ1) is 10.1. The van der Waals surface area contributed by atoms with Crippen molar-refractivity contribution in [1.82, 2.24) is 0 Å². The summed E-state index contributed by atoms with van der Waals surface area (Å²) in [5.74, 6) is 0.836. The lowest BCUT2D eigenvalue weighted by molar-refractivity contribution is 0.444. The first kappa shape index (κ1) is 13.2. The van der Waals surface area contributed by atoms with E-state index in [9.17, 15) is 9.90 Å². The zero-order valence-corrected chi connectivity index (χ0v) is 11.7. The summed E-state index contributed by atoms with van der Waals surface area (Å²) in [6.45, 7) is 3.84. The van der Waals surface area contributed by atoms with Crippen molar-refractivity contribution in [3.05, 3.63) is 64.0 Å². The molecule has 0 fully saturated rings. The molecule has 3 aromatic rings. The van der Waals surface area contributed by atoms with Crippen molar-refractivity contribution in [2.24, 2.45) is 0 Å². The monoisotopic (exact) mass is 282 g/mol. The molecular formula is C17H14O4. The number of phenolic OH excluding ortho intramolecular Hbond substituents is 1. The van der Waals surface area contributed by atoms with Crippen LogP contribution in [0.15, 0.2) is 51.9 Å². The number of aromatic hydroxyl groups is 1. The van der Waals surface area contributed by atoms with Gasteiger partial charge in [-0.1, -0.05) is 18.2 Å². The summed E-state index contributed by atoms with van der Waals surface area (Å²) >= 11 is 0. The molecule has 0 amide bonds. The van der Waals surface area contributed by atoms with Crippen molar-refractivity contribution in [2.75, 3.05) is 0 Å². The van der Waals surface area contributed by atoms with Gasteiger partial charge < -0.3 is 14.3 Å². The van der Waals surface area contributed by atoms with E-state index in [1.807, 2.05) is 32.0 Å². The molecule has 3 rings (SSSR count). The second-order valence-electron chi connectivity index (χ2n) is 4.93. The summed E-state index contributed by atoms with van der Waals surface area (Å²) in [5, 5.41) is 9.78. The van der Waals surface area contributed by atoms with Crippen molar-refractivity contribution in [3.63, 3.8) is 0 Å². The lowest BCUT2D eigenvalue weighted by atomic mass is 10.1. The first-order valence-electron chi connectivity index (χ1n) is 6.55. The van der Waals surface area contributed by atoms with Gasteiger partial charge in [0.05, 0.1) is 5.39 Å². The van der Waals surface area contributed by atoms with Crippen molar-refractivity contribution in [1.29, 1.82) is 0 Å². The molecular weight excluding hydrogens is 268 g/mol. The Morgan fingerprint density at radius 2 is 1.81 bits per heavy atom. The molecule has 0 aliphatic carbocycles. The molecule has 1 N–H and O–H groups in total. The normalized spacial score (nSPS) is 10.8. The fourth-order valence-electron chi connectivity index (χ4n) is 2.24. The minimum atomic E-state index is -0.265. The van der Waals surface area contributed by atoms with Crippen molar-refractivity contribution in [3.8, 4) is 17.2 Å². The molecule has 4 nitrogen and oxygen atoms in total. The van der Waals surface area contributed by atoms with Gasteiger partial charge in [-0.25, -0.2) is 0 Å². The third-order valence-electron chi connectivity index (χ3n) is 3.35. The number of benzene rings is 2. The van der Waals surface area contributed by atoms with E-state index in [-0.39, 0.29) is 16.9 Å². The molecule has 21 heavy (non-hydrogen) atoms. The third-order valence-corrected chi connectivity index (χ3v) is 3.35. The molecule has 1 aromatic heterocycles. The van der Waals surface area contributed by atoms with Crippen LogP contribution >= 0.6 is 0 Å². The van der Waals surface area contributed by atoms with E-state index >= 15 is 0 Å². The number of phenols is 1. The van der Waals surface area contributed by atoms with Gasteiger partial charge in [0.1, 0.15) is 23.3 Å². The Morgan fingerprint density at radius 3 is 2.52 bits per heavy atom. The molecule has 1 heterocycles. The Labute approximate surface area is 121 Å². The largest absolute Gasteiger partial charge is 0.508 e. The predicted octanol–water partition coefficient (Wildman–Crippen LogP) is 3.91. The van der Waals surface area contributed by atoms with E-state index in [0.29, 0.717) is 16.7 Å². The summed E-state index contributed by atoms with van der Waals surface area (Å²) in [5.41, 5.74) is 1.95. The third kappa shape index (κ3) is 2.36. The number of hydrogen-bond acceptors (Lipinski definition) is 4. The molecule has 2 aromatic carbocycles. The highest BCUT2D eigenvalue weighted by Crippen LogP contribution is 2.28. The van der Waals surface area contributed by atoms with Crippen molar-refractivity contribution < 1.29 is 14.3 Å². The van der Waals surface area contributed by atoms with E-state index in [4.69, 9.17) is 9.15 Å². The fraction of sp³-hybridized carbons (Fsp3) is 0.118. The second kappa shape index (κ2) is 4.98. The number of fused-ring (bicyclic) bond motifs is 1. The quantitative estimate of drug-likeness (QED) is 0.774. The van der Waals surface area contributed by atoms with Gasteiger partial charge in [-0.3, -0.25) is 4.79 Å². The number of para-hydroxylation sites is 1. The maximum absolute atomic E-state index is 12.4. The van der Waals surface area contributed by atoms with Crippen molar-refractivity contribution in [2.45, 2.75) is 13.8 Å². The number of aryl methyl sites for hydroxylation is 2. The van der Waals surface area contributed by atoms with Gasteiger partial charge in [0, 0.05) is 6.07 Å². The SMILES string of the molecule is Cc1cccc(C)c1Oc1coc2cc(O)ccc2c1=O. The summed E-state index contributed by atoms with van der Waals surface area (Å²) in [4.78, 5) is 12.4. The highest BCUT2D eigenvalue weighted by Gasteiger charge is 2.12. The molecule has 4 heteroatoms. The van der Waals surface area contributed by atoms with Gasteiger partial charge in [-0.15, -0.1) is 0 Å². The van der Waals surface area contributed by atoms with Crippen LogP contribution in [0.2, 0.25) is 0 Å². The van der Waals surface area contributed by atoms with Crippen LogP contribution in [0.4, 0.5) is 0 Å². The molecule has 0 atom stereocenters. The van der Waals surface area contributed by atoms with Gasteiger partial charge in [-0.2, -0.15) is 0 Å². The van der Waals surface area contributed by atoms with Crippen LogP contribution in [0, 0.1) is 13.8 Å². The van der Waals surface area contributed by atoms with Crippen LogP contribution in [-0.2, 0) is 0 Å². The highest BCUT2D eigenvalue weighted by atomic mass is 16.5. The summed E-state index contributed by atoms with van der Waals surface area (Å²) in [6, 6.07) is 10.1. The molecule has 0 saturated heterocycles. The van der Waals surface area contributed by atoms with Crippen LogP contribution in [0.3, 0.4) is 0 Å². The lowest BCUT2D eigenvalue weighted by Crippen LogP contribution is -2.05. The molecule has 0 radical (unpaired) electrons. The minimum absolute atomic E-state index is 0.0501. The van der Waals surface area contributed by atoms with E-state index in [1.54, 1.807) is 0 Å². The fourth-order valence-corrected chi connectivity index (χ4v) is 2.24. The summed E-state index contributed by atoms with van der Waals surface area (Å²) in [7, 11) is 0. The Morgan fingerprint density at radius 1 is 1.10 bits per heavy atom. The molecule has 0 aliphatic heterocycles. The zero-order chi connectivity index (χ0) is 15.0. The maximum Gasteiger partial charge on any atom is 0.235 e. The smallest absolute Gasteiger partial charge is 0.235 e. The molecule has 106 valence electrons. The van der Waals surface area contributed by atoms with E-state index in [2.05, 4.69) is 0 Å². The number of ether oxygens (including phenoxy) is 1. The molecule has 0 bridgehead atoms. The number of hydrogen-bond donors (Lipinski definition) is 1. The zero-order valence-electron chi connectivity index (χ0n) is 11.7. The van der Waals surface area contributed by atoms with Gasteiger partial charge in [0.15, 0.2) is 0 Å². The van der Waals surface area contributed by atoms with Gasteiger partial charge in [0.25, 0.3) is 0 Å². The lowest BCUT2D eigenvalue weighted by Gasteiger charge is -2.10. The highest BCUT2D eigenvalue weighted by molar-refractivity contribution is 5.79. The average Bonchev–Trinajstić information content (AvgIpc) is 2.45. The van der Waals surface area contributed by atoms with Crippen LogP contribution < -0.4 is 10.2 Å². The Balaban J connectivity index is 2.12. The predicted molar refractivity (Wildman–Crippen MR) is 80.1 cm³/mol. The molecule has 0 spiro atoms. The Hall–Kier alpha value is -2.75. The van der Waals surface area contributed by atoms with E-state index in [1.165, 1.54) is 24.5 Å². The van der Waals surface area contributed by atoms with Crippen LogP contribution in [0.5, 0.6) is 17.2 Å². The van der Waals surface area contributed by atoms with Crippen LogP contribution in [0.25, 0.3) is 11.0 Å². The van der Waals surface area contributed by atoms with Gasteiger partial charge in [-0.05, 0) is 37.1 Å². The standard InChI is InChI=1S/C17H14O4/c1-10-4-3-5-11(2)17(10)21-15-9-20-14-8-12(18)6-7-13(14)16(15)19/h3-9,18H,1-2H3. The Kier molecular flexibility index (Phi) is 3.14. The van der Waals surface area contributed by atoms with Gasteiger partial charge in [0.2, 0.25) is 11.2 Å². The first-order valence-corrected chi connectivity index (χ1v) is 6.55. The molecule has 0 aliphatic rings. The summed E-state index contributed by atoms with van der Waals surface area (Å²) in [6.07, 6.45) is 1.27.